The van der Waals surface area contributed by atoms with Crippen molar-refractivity contribution in [3.8, 4) is 17.7 Å². The Labute approximate surface area is 145 Å². The van der Waals surface area contributed by atoms with E-state index in [4.69, 9.17) is 21.6 Å². The third-order valence-electron chi connectivity index (χ3n) is 2.23. The Balaban J connectivity index is 2.56. The standard InChI is InChI=1S/C11H3BrClIN4O3/c12-6-4-16-11(13)17-10(6)21-9-7(14)1-5(3-15)2-8(9)18(19)20/h1-2,4H. The normalized spacial score (nSPS) is 10.0. The lowest BCUT2D eigenvalue weighted by molar-refractivity contribution is -0.385. The van der Waals surface area contributed by atoms with Crippen LogP contribution in [0.15, 0.2) is 22.8 Å². The summed E-state index contributed by atoms with van der Waals surface area (Å²) in [6, 6.07) is 4.46. The molecular formula is C11H3BrClIN4O3. The minimum atomic E-state index is -0.630. The number of nitrogens with zero attached hydrogens (tertiary/aromatic N) is 4. The third-order valence-corrected chi connectivity index (χ3v) is 3.76. The Morgan fingerprint density at radius 3 is 2.86 bits per heavy atom. The van der Waals surface area contributed by atoms with E-state index in [-0.39, 0.29) is 28.2 Å². The zero-order chi connectivity index (χ0) is 15.6. The molecule has 106 valence electrons. The van der Waals surface area contributed by atoms with Gasteiger partial charge in [-0.25, -0.2) is 4.98 Å². The third kappa shape index (κ3) is 3.58. The molecule has 2 aromatic rings. The van der Waals surface area contributed by atoms with Crippen LogP contribution in [0.2, 0.25) is 5.28 Å². The van der Waals surface area contributed by atoms with Crippen LogP contribution in [0.4, 0.5) is 5.69 Å². The summed E-state index contributed by atoms with van der Waals surface area (Å²) in [5.74, 6) is 0.0239. The second kappa shape index (κ2) is 6.50. The number of halogens is 3. The summed E-state index contributed by atoms with van der Waals surface area (Å²) >= 11 is 10.7. The molecule has 0 unspecified atom stereocenters. The smallest absolute Gasteiger partial charge is 0.314 e. The summed E-state index contributed by atoms with van der Waals surface area (Å²) in [5, 5.41) is 19.9. The molecule has 0 aliphatic carbocycles. The van der Waals surface area contributed by atoms with Gasteiger partial charge in [-0.2, -0.15) is 10.2 Å². The highest BCUT2D eigenvalue weighted by atomic mass is 127. The van der Waals surface area contributed by atoms with Crippen molar-refractivity contribution in [2.45, 2.75) is 0 Å². The molecule has 10 heteroatoms. The van der Waals surface area contributed by atoms with Gasteiger partial charge in [-0.3, -0.25) is 10.1 Å². The van der Waals surface area contributed by atoms with Crippen molar-refractivity contribution in [3.05, 3.63) is 47.3 Å². The van der Waals surface area contributed by atoms with E-state index < -0.39 is 4.92 Å². The Bertz CT molecular complexity index is 781. The highest BCUT2D eigenvalue weighted by Crippen LogP contribution is 2.38. The molecule has 2 rings (SSSR count). The lowest BCUT2D eigenvalue weighted by atomic mass is 10.2. The minimum Gasteiger partial charge on any atom is -0.429 e. The van der Waals surface area contributed by atoms with Gasteiger partial charge in [-0.15, -0.1) is 0 Å². The first-order chi connectivity index (χ1) is 9.92. The molecule has 0 atom stereocenters. The van der Waals surface area contributed by atoms with Crippen molar-refractivity contribution in [1.82, 2.24) is 9.97 Å². The summed E-state index contributed by atoms with van der Waals surface area (Å²) < 4.78 is 6.26. The average molecular weight is 481 g/mol. The molecule has 1 aromatic heterocycles. The fourth-order valence-electron chi connectivity index (χ4n) is 1.38. The number of ether oxygens (including phenoxy) is 1. The summed E-state index contributed by atoms with van der Waals surface area (Å²) in [5.41, 5.74) is -0.168. The number of rotatable bonds is 3. The first kappa shape index (κ1) is 15.9. The summed E-state index contributed by atoms with van der Waals surface area (Å²) in [7, 11) is 0. The van der Waals surface area contributed by atoms with Crippen LogP contribution in [-0.4, -0.2) is 14.9 Å². The number of benzene rings is 1. The van der Waals surface area contributed by atoms with Crippen LogP contribution >= 0.6 is 50.1 Å². The number of nitro groups is 1. The van der Waals surface area contributed by atoms with Crippen LogP contribution in [0.25, 0.3) is 0 Å². The quantitative estimate of drug-likeness (QED) is 0.284. The summed E-state index contributed by atoms with van der Waals surface area (Å²) in [6.07, 6.45) is 1.37. The first-order valence-corrected chi connectivity index (χ1v) is 7.41. The van der Waals surface area contributed by atoms with Crippen molar-refractivity contribution in [1.29, 1.82) is 5.26 Å². The lowest BCUT2D eigenvalue weighted by Crippen LogP contribution is -1.99. The van der Waals surface area contributed by atoms with Gasteiger partial charge in [0.15, 0.2) is 0 Å². The highest BCUT2D eigenvalue weighted by Gasteiger charge is 2.22. The zero-order valence-corrected chi connectivity index (χ0v) is 14.4. The van der Waals surface area contributed by atoms with E-state index in [2.05, 4.69) is 25.9 Å². The van der Waals surface area contributed by atoms with Crippen LogP contribution in [0, 0.1) is 25.0 Å². The Kier molecular flexibility index (Phi) is 4.92. The molecule has 0 amide bonds. The van der Waals surface area contributed by atoms with E-state index in [9.17, 15) is 10.1 Å². The van der Waals surface area contributed by atoms with Crippen LogP contribution in [0.1, 0.15) is 5.56 Å². The number of hydrogen-bond acceptors (Lipinski definition) is 6. The van der Waals surface area contributed by atoms with Gasteiger partial charge in [-0.1, -0.05) is 0 Å². The zero-order valence-electron chi connectivity index (χ0n) is 9.88. The van der Waals surface area contributed by atoms with Crippen LogP contribution in [0.3, 0.4) is 0 Å². The van der Waals surface area contributed by atoms with E-state index in [1.165, 1.54) is 12.3 Å². The minimum absolute atomic E-state index is 0.0185. The van der Waals surface area contributed by atoms with Crippen molar-refractivity contribution < 1.29 is 9.66 Å². The second-order valence-electron chi connectivity index (χ2n) is 3.57. The molecule has 0 aliphatic heterocycles. The maximum absolute atomic E-state index is 11.1. The fourth-order valence-corrected chi connectivity index (χ4v) is 2.50. The predicted molar refractivity (Wildman–Crippen MR) is 85.3 cm³/mol. The molecule has 0 N–H and O–H groups in total. The van der Waals surface area contributed by atoms with Crippen LogP contribution < -0.4 is 4.74 Å². The maximum atomic E-state index is 11.1. The monoisotopic (exact) mass is 480 g/mol. The molecule has 1 aromatic carbocycles. The lowest BCUT2D eigenvalue weighted by Gasteiger charge is -2.09. The summed E-state index contributed by atoms with van der Waals surface area (Å²) in [4.78, 5) is 18.1. The molecule has 0 radical (unpaired) electrons. The molecule has 7 nitrogen and oxygen atoms in total. The first-order valence-electron chi connectivity index (χ1n) is 5.16. The van der Waals surface area contributed by atoms with Gasteiger partial charge in [0.25, 0.3) is 0 Å². The van der Waals surface area contributed by atoms with Gasteiger partial charge < -0.3 is 4.74 Å². The Hall–Kier alpha value is -1.51. The van der Waals surface area contributed by atoms with E-state index >= 15 is 0 Å². The topological polar surface area (TPSA) is 102 Å². The molecule has 0 fully saturated rings. The number of nitro benzene ring substituents is 1. The molecule has 0 spiro atoms. The van der Waals surface area contributed by atoms with Crippen LogP contribution in [0.5, 0.6) is 11.6 Å². The number of nitriles is 1. The van der Waals surface area contributed by atoms with Crippen LogP contribution in [-0.2, 0) is 0 Å². The van der Waals surface area contributed by atoms with E-state index in [0.717, 1.165) is 6.07 Å². The molecule has 0 saturated carbocycles. The predicted octanol–water partition coefficient (Wildman–Crippen LogP) is 4.07. The molecular weight excluding hydrogens is 478 g/mol. The van der Waals surface area contributed by atoms with E-state index in [1.54, 1.807) is 0 Å². The molecule has 0 bridgehead atoms. The van der Waals surface area contributed by atoms with Crippen molar-refractivity contribution in [3.63, 3.8) is 0 Å². The number of aromatic nitrogens is 2. The summed E-state index contributed by atoms with van der Waals surface area (Å²) in [6.45, 7) is 0. The van der Waals surface area contributed by atoms with Crippen molar-refractivity contribution in [2.75, 3.05) is 0 Å². The highest BCUT2D eigenvalue weighted by molar-refractivity contribution is 14.1. The van der Waals surface area contributed by atoms with Gasteiger partial charge in [0.05, 0.1) is 24.6 Å². The fraction of sp³-hybridized carbons (Fsp3) is 0. The largest absolute Gasteiger partial charge is 0.429 e. The number of hydrogen-bond donors (Lipinski definition) is 0. The average Bonchev–Trinajstić information content (AvgIpc) is 2.44. The van der Waals surface area contributed by atoms with E-state index in [0.29, 0.717) is 8.04 Å². The van der Waals surface area contributed by atoms with Gasteiger partial charge in [0, 0.05) is 12.3 Å². The van der Waals surface area contributed by atoms with Crippen molar-refractivity contribution >= 4 is 55.8 Å². The molecule has 21 heavy (non-hydrogen) atoms. The van der Waals surface area contributed by atoms with Gasteiger partial charge in [-0.05, 0) is 56.2 Å². The van der Waals surface area contributed by atoms with E-state index in [1.807, 2.05) is 28.7 Å². The van der Waals surface area contributed by atoms with Crippen molar-refractivity contribution in [2.24, 2.45) is 0 Å². The molecule has 0 aliphatic rings. The SMILES string of the molecule is N#Cc1cc(I)c(Oc2nc(Cl)ncc2Br)c([N+](=O)[O-])c1. The van der Waals surface area contributed by atoms with Gasteiger partial charge in [0.2, 0.25) is 16.9 Å². The van der Waals surface area contributed by atoms with Gasteiger partial charge in [0.1, 0.15) is 0 Å². The Morgan fingerprint density at radius 1 is 1.52 bits per heavy atom. The maximum Gasteiger partial charge on any atom is 0.314 e. The van der Waals surface area contributed by atoms with Gasteiger partial charge >= 0.3 is 5.69 Å². The second-order valence-corrected chi connectivity index (χ2v) is 5.92. The molecule has 1 heterocycles. The Morgan fingerprint density at radius 2 is 2.24 bits per heavy atom. The molecule has 0 saturated heterocycles.